The Labute approximate surface area is 104 Å². The van der Waals surface area contributed by atoms with Crippen LogP contribution in [0.4, 0.5) is 0 Å². The molecular formula is C13H13NO4. The Morgan fingerprint density at radius 2 is 2.06 bits per heavy atom. The highest BCUT2D eigenvalue weighted by Gasteiger charge is 2.28. The number of phenols is 1. The van der Waals surface area contributed by atoms with Crippen molar-refractivity contribution in [1.29, 1.82) is 0 Å². The van der Waals surface area contributed by atoms with Gasteiger partial charge in [0.2, 0.25) is 5.78 Å². The summed E-state index contributed by atoms with van der Waals surface area (Å²) in [6, 6.07) is 4.51. The van der Waals surface area contributed by atoms with E-state index in [9.17, 15) is 9.90 Å². The number of nitrogens with zero attached hydrogens (tertiary/aromatic N) is 1. The van der Waals surface area contributed by atoms with Crippen LogP contribution >= 0.6 is 0 Å². The van der Waals surface area contributed by atoms with Crippen molar-refractivity contribution in [2.75, 3.05) is 26.3 Å². The number of phenolic OH excluding ortho intramolecular Hbond substituents is 1. The molecule has 5 nitrogen and oxygen atoms in total. The van der Waals surface area contributed by atoms with E-state index in [1.54, 1.807) is 12.3 Å². The van der Waals surface area contributed by atoms with Crippen LogP contribution in [-0.4, -0.2) is 42.1 Å². The standard InChI is InChI=1S/C13H13NO4/c15-9-1-2-10-11(7-9)18-12(13(10)16)8-14-3-5-17-6-4-14/h1-2,7-8,15H,3-6H2/b12-8+. The molecule has 0 aliphatic carbocycles. The zero-order valence-corrected chi connectivity index (χ0v) is 9.76. The number of allylic oxidation sites excluding steroid dienone is 1. The molecule has 0 spiro atoms. The average Bonchev–Trinajstić information content (AvgIpc) is 2.67. The molecule has 0 radical (unpaired) electrons. The third kappa shape index (κ3) is 1.93. The third-order valence-electron chi connectivity index (χ3n) is 3.00. The van der Waals surface area contributed by atoms with Gasteiger partial charge >= 0.3 is 0 Å². The number of aromatic hydroxyl groups is 1. The van der Waals surface area contributed by atoms with Crippen LogP contribution in [0.15, 0.2) is 30.2 Å². The average molecular weight is 247 g/mol. The van der Waals surface area contributed by atoms with Crippen molar-refractivity contribution in [3.8, 4) is 11.5 Å². The fourth-order valence-corrected chi connectivity index (χ4v) is 2.04. The fraction of sp³-hybridized carbons (Fsp3) is 0.308. The van der Waals surface area contributed by atoms with Crippen molar-refractivity contribution >= 4 is 5.78 Å². The molecule has 1 aromatic rings. The summed E-state index contributed by atoms with van der Waals surface area (Å²) >= 11 is 0. The van der Waals surface area contributed by atoms with Crippen LogP contribution in [0, 0.1) is 0 Å². The summed E-state index contributed by atoms with van der Waals surface area (Å²) in [4.78, 5) is 14.1. The predicted octanol–water partition coefficient (Wildman–Crippen LogP) is 1.14. The number of Topliss-reactive ketones (excluding diaryl/α,β-unsaturated/α-hetero) is 1. The highest BCUT2D eigenvalue weighted by molar-refractivity contribution is 6.12. The van der Waals surface area contributed by atoms with Crippen molar-refractivity contribution in [2.45, 2.75) is 0 Å². The number of hydrogen-bond donors (Lipinski definition) is 1. The first-order valence-corrected chi connectivity index (χ1v) is 5.83. The molecule has 0 aromatic heterocycles. The van der Waals surface area contributed by atoms with E-state index in [1.165, 1.54) is 12.1 Å². The molecule has 0 amide bonds. The largest absolute Gasteiger partial charge is 0.508 e. The summed E-state index contributed by atoms with van der Waals surface area (Å²) in [7, 11) is 0. The van der Waals surface area contributed by atoms with Crippen LogP contribution < -0.4 is 4.74 Å². The number of benzene rings is 1. The molecule has 3 rings (SSSR count). The summed E-state index contributed by atoms with van der Waals surface area (Å²) in [5, 5.41) is 9.35. The molecule has 0 unspecified atom stereocenters. The number of rotatable bonds is 1. The summed E-state index contributed by atoms with van der Waals surface area (Å²) in [6.07, 6.45) is 1.72. The van der Waals surface area contributed by atoms with Crippen LogP contribution in [0.5, 0.6) is 11.5 Å². The zero-order valence-electron chi connectivity index (χ0n) is 9.76. The monoisotopic (exact) mass is 247 g/mol. The molecule has 94 valence electrons. The normalized spacial score (nSPS) is 21.0. The molecule has 1 N–H and O–H groups in total. The lowest BCUT2D eigenvalue weighted by Gasteiger charge is -2.25. The van der Waals surface area contributed by atoms with Gasteiger partial charge in [-0.1, -0.05) is 0 Å². The number of carbonyl (C=O) groups excluding carboxylic acids is 1. The van der Waals surface area contributed by atoms with Crippen LogP contribution in [0.1, 0.15) is 10.4 Å². The second-order valence-electron chi connectivity index (χ2n) is 4.25. The molecule has 1 aromatic carbocycles. The Kier molecular flexibility index (Phi) is 2.68. The Balaban J connectivity index is 1.85. The number of carbonyl (C=O) groups is 1. The summed E-state index contributed by atoms with van der Waals surface area (Å²) in [5.41, 5.74) is 0.493. The van der Waals surface area contributed by atoms with Gasteiger partial charge in [0.05, 0.1) is 18.8 Å². The van der Waals surface area contributed by atoms with Crippen molar-refractivity contribution in [2.24, 2.45) is 0 Å². The van der Waals surface area contributed by atoms with Crippen LogP contribution in [0.2, 0.25) is 0 Å². The maximum atomic E-state index is 12.0. The zero-order chi connectivity index (χ0) is 12.5. The maximum absolute atomic E-state index is 12.0. The molecule has 0 saturated carbocycles. The lowest BCUT2D eigenvalue weighted by atomic mass is 10.1. The third-order valence-corrected chi connectivity index (χ3v) is 3.00. The van der Waals surface area contributed by atoms with Crippen molar-refractivity contribution < 1.29 is 19.4 Å². The second kappa shape index (κ2) is 4.34. The van der Waals surface area contributed by atoms with Gasteiger partial charge in [-0.05, 0) is 12.1 Å². The van der Waals surface area contributed by atoms with E-state index in [1.807, 2.05) is 4.90 Å². The summed E-state index contributed by atoms with van der Waals surface area (Å²) in [5.74, 6) is 0.669. The molecule has 1 saturated heterocycles. The van der Waals surface area contributed by atoms with Gasteiger partial charge in [0.25, 0.3) is 0 Å². The van der Waals surface area contributed by atoms with E-state index in [-0.39, 0.29) is 11.5 Å². The van der Waals surface area contributed by atoms with Crippen molar-refractivity contribution in [1.82, 2.24) is 4.90 Å². The first kappa shape index (κ1) is 11.1. The minimum absolute atomic E-state index is 0.0918. The van der Waals surface area contributed by atoms with E-state index in [0.717, 1.165) is 13.1 Å². The van der Waals surface area contributed by atoms with Gasteiger partial charge in [-0.3, -0.25) is 4.79 Å². The second-order valence-corrected chi connectivity index (χ2v) is 4.25. The number of ether oxygens (including phenoxy) is 2. The molecule has 2 heterocycles. The van der Waals surface area contributed by atoms with E-state index in [0.29, 0.717) is 30.3 Å². The number of ketones is 1. The quantitative estimate of drug-likeness (QED) is 0.754. The molecule has 5 heteroatoms. The van der Waals surface area contributed by atoms with Gasteiger partial charge in [0, 0.05) is 25.4 Å². The maximum Gasteiger partial charge on any atom is 0.233 e. The van der Waals surface area contributed by atoms with E-state index in [4.69, 9.17) is 9.47 Å². The van der Waals surface area contributed by atoms with E-state index >= 15 is 0 Å². The Bertz CT molecular complexity index is 518. The molecule has 1 fully saturated rings. The van der Waals surface area contributed by atoms with Gasteiger partial charge in [0.15, 0.2) is 5.76 Å². The molecular weight excluding hydrogens is 234 g/mol. The number of morpholine rings is 1. The Morgan fingerprint density at radius 1 is 1.28 bits per heavy atom. The highest BCUT2D eigenvalue weighted by atomic mass is 16.5. The molecule has 0 bridgehead atoms. The van der Waals surface area contributed by atoms with Gasteiger partial charge in [-0.15, -0.1) is 0 Å². The van der Waals surface area contributed by atoms with Crippen molar-refractivity contribution in [3.63, 3.8) is 0 Å². The van der Waals surface area contributed by atoms with Crippen molar-refractivity contribution in [3.05, 3.63) is 35.7 Å². The topological polar surface area (TPSA) is 59.0 Å². The summed E-state index contributed by atoms with van der Waals surface area (Å²) < 4.78 is 10.7. The first-order chi connectivity index (χ1) is 8.74. The molecule has 2 aliphatic rings. The Morgan fingerprint density at radius 3 is 2.83 bits per heavy atom. The Hall–Kier alpha value is -2.01. The smallest absolute Gasteiger partial charge is 0.233 e. The van der Waals surface area contributed by atoms with E-state index in [2.05, 4.69) is 0 Å². The number of hydrogen-bond acceptors (Lipinski definition) is 5. The highest BCUT2D eigenvalue weighted by Crippen LogP contribution is 2.33. The predicted molar refractivity (Wildman–Crippen MR) is 63.5 cm³/mol. The summed E-state index contributed by atoms with van der Waals surface area (Å²) in [6.45, 7) is 2.82. The number of fused-ring (bicyclic) bond motifs is 1. The first-order valence-electron chi connectivity index (χ1n) is 5.83. The lowest BCUT2D eigenvalue weighted by molar-refractivity contribution is 0.0577. The van der Waals surface area contributed by atoms with Gasteiger partial charge in [-0.2, -0.15) is 0 Å². The molecule has 18 heavy (non-hydrogen) atoms. The van der Waals surface area contributed by atoms with Crippen LogP contribution in [0.25, 0.3) is 0 Å². The fourth-order valence-electron chi connectivity index (χ4n) is 2.04. The lowest BCUT2D eigenvalue weighted by Crippen LogP contribution is -2.32. The van der Waals surface area contributed by atoms with Gasteiger partial charge < -0.3 is 19.5 Å². The van der Waals surface area contributed by atoms with Crippen LogP contribution in [-0.2, 0) is 4.74 Å². The van der Waals surface area contributed by atoms with E-state index < -0.39 is 0 Å². The van der Waals surface area contributed by atoms with Gasteiger partial charge in [0.1, 0.15) is 11.5 Å². The van der Waals surface area contributed by atoms with Crippen LogP contribution in [0.3, 0.4) is 0 Å². The molecule has 2 aliphatic heterocycles. The molecule has 0 atom stereocenters. The minimum atomic E-state index is -0.142. The SMILES string of the molecule is O=C1/C(=C\N2CCOCC2)Oc2cc(O)ccc21. The van der Waals surface area contributed by atoms with Gasteiger partial charge in [-0.25, -0.2) is 0 Å². The minimum Gasteiger partial charge on any atom is -0.508 e.